The zero-order valence-corrected chi connectivity index (χ0v) is 12.2. The highest BCUT2D eigenvalue weighted by molar-refractivity contribution is 7.85. The van der Waals surface area contributed by atoms with Gasteiger partial charge in [0, 0.05) is 22.6 Å². The average molecular weight is 285 g/mol. The quantitative estimate of drug-likeness (QED) is 0.838. The summed E-state index contributed by atoms with van der Waals surface area (Å²) in [4.78, 5) is 0. The lowest BCUT2D eigenvalue weighted by atomic mass is 9.95. The second kappa shape index (κ2) is 7.22. The average Bonchev–Trinajstić information content (AvgIpc) is 2.92. The Bertz CT molecular complexity index is 419. The first-order valence-corrected chi connectivity index (χ1v) is 8.41. The predicted octanol–water partition coefficient (Wildman–Crippen LogP) is 1.94. The highest BCUT2D eigenvalue weighted by atomic mass is 32.2. The number of nitrogens with one attached hydrogen (secondary N) is 1. The SMILES string of the molecule is CC[S@@](=O)[C@H]1CCCC[C@@H]1NCc1ccc(CO)o1. The van der Waals surface area contributed by atoms with Crippen molar-refractivity contribution in [2.75, 3.05) is 5.75 Å². The van der Waals surface area contributed by atoms with Crippen LogP contribution in [0.1, 0.15) is 44.1 Å². The Morgan fingerprint density at radius 1 is 1.37 bits per heavy atom. The molecule has 4 nitrogen and oxygen atoms in total. The molecule has 3 atom stereocenters. The highest BCUT2D eigenvalue weighted by Gasteiger charge is 2.28. The predicted molar refractivity (Wildman–Crippen MR) is 76.2 cm³/mol. The molecule has 2 N–H and O–H groups in total. The molecule has 0 radical (unpaired) electrons. The van der Waals surface area contributed by atoms with Gasteiger partial charge in [0.05, 0.1) is 11.8 Å². The summed E-state index contributed by atoms with van der Waals surface area (Å²) in [6, 6.07) is 3.99. The molecule has 0 aliphatic heterocycles. The van der Waals surface area contributed by atoms with Crippen LogP contribution in [-0.4, -0.2) is 26.4 Å². The lowest BCUT2D eigenvalue weighted by Gasteiger charge is -2.31. The standard InChI is InChI=1S/C14H23NO3S/c1-2-19(17)14-6-4-3-5-13(14)15-9-11-7-8-12(10-16)18-11/h7-8,13-16H,2-6,9-10H2,1H3/t13-,14-,19+/m0/s1. The van der Waals surface area contributed by atoms with Gasteiger partial charge < -0.3 is 14.8 Å². The van der Waals surface area contributed by atoms with Crippen LogP contribution in [0.2, 0.25) is 0 Å². The topological polar surface area (TPSA) is 62.5 Å². The molecule has 19 heavy (non-hydrogen) atoms. The fraction of sp³-hybridized carbons (Fsp3) is 0.714. The summed E-state index contributed by atoms with van der Waals surface area (Å²) in [5, 5.41) is 12.7. The van der Waals surface area contributed by atoms with E-state index in [1.54, 1.807) is 6.07 Å². The molecular formula is C14H23NO3S. The van der Waals surface area contributed by atoms with Gasteiger partial charge in [-0.1, -0.05) is 19.8 Å². The van der Waals surface area contributed by atoms with E-state index in [-0.39, 0.29) is 11.9 Å². The van der Waals surface area contributed by atoms with E-state index in [2.05, 4.69) is 5.32 Å². The molecule has 0 amide bonds. The molecule has 2 rings (SSSR count). The van der Waals surface area contributed by atoms with Crippen molar-refractivity contribution in [1.29, 1.82) is 0 Å². The Morgan fingerprint density at radius 2 is 2.11 bits per heavy atom. The van der Waals surface area contributed by atoms with Crippen LogP contribution in [-0.2, 0) is 24.0 Å². The Kier molecular flexibility index (Phi) is 5.60. The zero-order valence-electron chi connectivity index (χ0n) is 11.4. The Morgan fingerprint density at radius 3 is 2.79 bits per heavy atom. The molecule has 1 fully saturated rings. The number of hydrogen-bond acceptors (Lipinski definition) is 4. The van der Waals surface area contributed by atoms with Gasteiger partial charge in [-0.2, -0.15) is 0 Å². The summed E-state index contributed by atoms with van der Waals surface area (Å²) in [6.07, 6.45) is 4.53. The van der Waals surface area contributed by atoms with Crippen molar-refractivity contribution in [1.82, 2.24) is 5.32 Å². The monoisotopic (exact) mass is 285 g/mol. The third-order valence-electron chi connectivity index (χ3n) is 3.74. The van der Waals surface area contributed by atoms with E-state index in [4.69, 9.17) is 9.52 Å². The lowest BCUT2D eigenvalue weighted by molar-refractivity contribution is 0.241. The van der Waals surface area contributed by atoms with Gasteiger partial charge in [0.15, 0.2) is 0 Å². The molecule has 108 valence electrons. The second-order valence-corrected chi connectivity index (χ2v) is 6.95. The summed E-state index contributed by atoms with van der Waals surface area (Å²) < 4.78 is 17.5. The largest absolute Gasteiger partial charge is 0.462 e. The van der Waals surface area contributed by atoms with Crippen molar-refractivity contribution in [3.05, 3.63) is 23.7 Å². The van der Waals surface area contributed by atoms with Crippen molar-refractivity contribution in [3.63, 3.8) is 0 Å². The molecule has 5 heteroatoms. The molecule has 1 aliphatic rings. The van der Waals surface area contributed by atoms with Gasteiger partial charge >= 0.3 is 0 Å². The minimum atomic E-state index is -0.731. The van der Waals surface area contributed by atoms with E-state index in [1.807, 2.05) is 13.0 Å². The maximum absolute atomic E-state index is 12.1. The van der Waals surface area contributed by atoms with Gasteiger partial charge in [-0.15, -0.1) is 0 Å². The van der Waals surface area contributed by atoms with Crippen LogP contribution in [0, 0.1) is 0 Å². The van der Waals surface area contributed by atoms with Gasteiger partial charge in [0.1, 0.15) is 18.1 Å². The zero-order chi connectivity index (χ0) is 13.7. The molecule has 1 saturated carbocycles. The number of aliphatic hydroxyl groups is 1. The molecule has 0 unspecified atom stereocenters. The van der Waals surface area contributed by atoms with Crippen LogP contribution in [0.3, 0.4) is 0 Å². The molecular weight excluding hydrogens is 262 g/mol. The van der Waals surface area contributed by atoms with E-state index < -0.39 is 10.8 Å². The second-order valence-electron chi connectivity index (χ2n) is 5.01. The fourth-order valence-corrected chi connectivity index (χ4v) is 4.15. The first-order chi connectivity index (χ1) is 9.24. The fourth-order valence-electron chi connectivity index (χ4n) is 2.69. The molecule has 1 aromatic heterocycles. The van der Waals surface area contributed by atoms with Gasteiger partial charge in [0.25, 0.3) is 0 Å². The molecule has 0 aromatic carbocycles. The molecule has 1 aliphatic carbocycles. The van der Waals surface area contributed by atoms with Crippen molar-refractivity contribution in [2.24, 2.45) is 0 Å². The van der Waals surface area contributed by atoms with Crippen molar-refractivity contribution in [2.45, 2.75) is 57.1 Å². The summed E-state index contributed by atoms with van der Waals surface area (Å²) in [6.45, 7) is 2.57. The van der Waals surface area contributed by atoms with Crippen molar-refractivity contribution < 1.29 is 13.7 Å². The van der Waals surface area contributed by atoms with Crippen LogP contribution in [0.15, 0.2) is 16.5 Å². The van der Waals surface area contributed by atoms with E-state index in [1.165, 1.54) is 12.8 Å². The first kappa shape index (κ1) is 14.8. The third kappa shape index (κ3) is 3.91. The number of hydrogen-bond donors (Lipinski definition) is 2. The molecule has 1 heterocycles. The minimum absolute atomic E-state index is 0.0636. The highest BCUT2D eigenvalue weighted by Crippen LogP contribution is 2.23. The van der Waals surface area contributed by atoms with E-state index in [9.17, 15) is 4.21 Å². The van der Waals surface area contributed by atoms with Crippen LogP contribution >= 0.6 is 0 Å². The summed E-state index contributed by atoms with van der Waals surface area (Å²) >= 11 is 0. The Balaban J connectivity index is 1.90. The van der Waals surface area contributed by atoms with Crippen LogP contribution in [0.4, 0.5) is 0 Å². The summed E-state index contributed by atoms with van der Waals surface area (Å²) in [5.41, 5.74) is 0. The third-order valence-corrected chi connectivity index (χ3v) is 5.54. The molecule has 1 aromatic rings. The smallest absolute Gasteiger partial charge is 0.129 e. The molecule has 0 bridgehead atoms. The van der Waals surface area contributed by atoms with Gasteiger partial charge in [0.2, 0.25) is 0 Å². The van der Waals surface area contributed by atoms with E-state index >= 15 is 0 Å². The maximum Gasteiger partial charge on any atom is 0.129 e. The van der Waals surface area contributed by atoms with Crippen LogP contribution in [0.5, 0.6) is 0 Å². The van der Waals surface area contributed by atoms with Gasteiger partial charge in [-0.05, 0) is 25.0 Å². The first-order valence-electron chi connectivity index (χ1n) is 7.03. The lowest BCUT2D eigenvalue weighted by Crippen LogP contribution is -2.44. The van der Waals surface area contributed by atoms with Crippen molar-refractivity contribution in [3.8, 4) is 0 Å². The number of rotatable bonds is 6. The van der Waals surface area contributed by atoms with Gasteiger partial charge in [-0.3, -0.25) is 4.21 Å². The number of furan rings is 1. The van der Waals surface area contributed by atoms with Crippen LogP contribution in [0.25, 0.3) is 0 Å². The Labute approximate surface area is 117 Å². The summed E-state index contributed by atoms with van der Waals surface area (Å²) in [5.74, 6) is 2.16. The van der Waals surface area contributed by atoms with Gasteiger partial charge in [-0.25, -0.2) is 0 Å². The van der Waals surface area contributed by atoms with E-state index in [0.717, 1.165) is 24.4 Å². The normalized spacial score (nSPS) is 25.4. The van der Waals surface area contributed by atoms with Crippen molar-refractivity contribution >= 4 is 10.8 Å². The van der Waals surface area contributed by atoms with E-state index in [0.29, 0.717) is 18.3 Å². The Hall–Kier alpha value is -0.650. The maximum atomic E-state index is 12.1. The molecule has 0 saturated heterocycles. The summed E-state index contributed by atoms with van der Waals surface area (Å²) in [7, 11) is -0.731. The van der Waals surface area contributed by atoms with Crippen LogP contribution < -0.4 is 5.32 Å². The number of aliphatic hydroxyl groups excluding tert-OH is 1. The molecule has 0 spiro atoms. The minimum Gasteiger partial charge on any atom is -0.462 e.